The Balaban J connectivity index is 1.84. The van der Waals surface area contributed by atoms with Crippen molar-refractivity contribution in [3.05, 3.63) is 0 Å². The number of aliphatic hydroxyl groups excluding tert-OH is 5. The number of hydrogen-bond acceptors (Lipinski definition) is 17. The van der Waals surface area contributed by atoms with Crippen LogP contribution in [0, 0.1) is 0 Å². The molecule has 2 saturated heterocycles. The number of aliphatic hydroxyl groups is 5. The summed E-state index contributed by atoms with van der Waals surface area (Å²) >= 11 is 0. The molecule has 42 heavy (non-hydrogen) atoms. The summed E-state index contributed by atoms with van der Waals surface area (Å²) < 4.78 is 23.6. The molecule has 0 aromatic heterocycles. The van der Waals surface area contributed by atoms with Gasteiger partial charge in [0.25, 0.3) is 0 Å². The summed E-state index contributed by atoms with van der Waals surface area (Å²) in [5.41, 5.74) is 29.0. The fourth-order valence-electron chi connectivity index (χ4n) is 5.36. The number of carbonyl (C=O) groups is 1. The summed E-state index contributed by atoms with van der Waals surface area (Å²) in [6.45, 7) is -0.611. The molecular weight excluding hydrogens is 564 g/mol. The molecule has 19 nitrogen and oxygen atoms in total. The molecule has 1 saturated carbocycles. The molecule has 0 aromatic carbocycles. The highest BCUT2D eigenvalue weighted by Gasteiger charge is 2.51. The Hall–Kier alpha value is -1.37. The molecule has 0 bridgehead atoms. The highest BCUT2D eigenvalue weighted by Crippen LogP contribution is 2.32. The maximum absolute atomic E-state index is 12.6. The molecular formula is C23H48N8O11. The SMILES string of the molecule is NCCN(O)C(=O)N[C@@H]1C[C@H](N)C(O[C@H]2O[C@H](CN)CC[C@H]2NCC(N)O)[C@H](O)[C@H]1O[C@H]1O[C@H](CO)[C@@H](O)[C@H](N)[C@H]1O. The van der Waals surface area contributed by atoms with Gasteiger partial charge in [0.1, 0.15) is 42.9 Å². The summed E-state index contributed by atoms with van der Waals surface area (Å²) in [6, 6.07) is -4.62. The first kappa shape index (κ1) is 35.1. The van der Waals surface area contributed by atoms with Crippen molar-refractivity contribution in [1.29, 1.82) is 0 Å². The maximum atomic E-state index is 12.6. The molecule has 3 aliphatic rings. The van der Waals surface area contributed by atoms with E-state index in [0.29, 0.717) is 17.9 Å². The highest BCUT2D eigenvalue weighted by molar-refractivity contribution is 5.73. The van der Waals surface area contributed by atoms with Gasteiger partial charge in [0.2, 0.25) is 0 Å². The molecule has 18 N–H and O–H groups in total. The van der Waals surface area contributed by atoms with E-state index >= 15 is 0 Å². The van der Waals surface area contributed by atoms with E-state index in [1.807, 2.05) is 0 Å². The van der Waals surface area contributed by atoms with Gasteiger partial charge in [-0.15, -0.1) is 0 Å². The zero-order valence-corrected chi connectivity index (χ0v) is 23.3. The van der Waals surface area contributed by atoms with Gasteiger partial charge in [0, 0.05) is 25.7 Å². The Morgan fingerprint density at radius 1 is 1.00 bits per heavy atom. The van der Waals surface area contributed by atoms with Crippen LogP contribution in [0.15, 0.2) is 0 Å². The molecule has 2 unspecified atom stereocenters. The van der Waals surface area contributed by atoms with E-state index in [9.17, 15) is 35.5 Å². The van der Waals surface area contributed by atoms with Crippen LogP contribution in [0.2, 0.25) is 0 Å². The largest absolute Gasteiger partial charge is 0.394 e. The second-order valence-corrected chi connectivity index (χ2v) is 10.9. The fraction of sp³-hybridized carbons (Fsp3) is 0.957. The van der Waals surface area contributed by atoms with Crippen LogP contribution in [-0.4, -0.2) is 160 Å². The smallest absolute Gasteiger partial charge is 0.341 e. The Kier molecular flexibility index (Phi) is 13.4. The number of hydrogen-bond donors (Lipinski definition) is 13. The van der Waals surface area contributed by atoms with Gasteiger partial charge in [0.05, 0.1) is 37.4 Å². The number of nitrogens with one attached hydrogen (secondary N) is 2. The molecule has 1 aliphatic carbocycles. The van der Waals surface area contributed by atoms with E-state index in [0.717, 1.165) is 0 Å². The average molecular weight is 613 g/mol. The van der Waals surface area contributed by atoms with Gasteiger partial charge in [0.15, 0.2) is 12.6 Å². The van der Waals surface area contributed by atoms with E-state index in [2.05, 4.69) is 10.6 Å². The van der Waals surface area contributed by atoms with Crippen LogP contribution in [0.4, 0.5) is 4.79 Å². The monoisotopic (exact) mass is 612 g/mol. The topological polar surface area (TPSA) is 333 Å². The Bertz CT molecular complexity index is 835. The second-order valence-electron chi connectivity index (χ2n) is 10.9. The molecule has 2 aliphatic heterocycles. The molecule has 3 rings (SSSR count). The third kappa shape index (κ3) is 8.63. The van der Waals surface area contributed by atoms with Crippen molar-refractivity contribution in [2.75, 3.05) is 32.8 Å². The van der Waals surface area contributed by atoms with Crippen LogP contribution in [0.3, 0.4) is 0 Å². The number of hydroxylamine groups is 2. The number of ether oxygens (including phenoxy) is 4. The van der Waals surface area contributed by atoms with E-state index in [4.69, 9.17) is 47.6 Å². The van der Waals surface area contributed by atoms with E-state index in [1.165, 1.54) is 0 Å². The second kappa shape index (κ2) is 16.1. The van der Waals surface area contributed by atoms with Gasteiger partial charge in [-0.05, 0) is 19.3 Å². The third-order valence-electron chi connectivity index (χ3n) is 7.73. The predicted molar refractivity (Wildman–Crippen MR) is 143 cm³/mol. The molecule has 0 spiro atoms. The summed E-state index contributed by atoms with van der Waals surface area (Å²) in [5.74, 6) is 0. The van der Waals surface area contributed by atoms with Gasteiger partial charge in [-0.1, -0.05) is 0 Å². The zero-order chi connectivity index (χ0) is 31.1. The molecule has 2 amide bonds. The van der Waals surface area contributed by atoms with Crippen molar-refractivity contribution >= 4 is 6.03 Å². The Morgan fingerprint density at radius 3 is 2.31 bits per heavy atom. The first-order valence-electron chi connectivity index (χ1n) is 14.0. The van der Waals surface area contributed by atoms with Crippen LogP contribution in [0.1, 0.15) is 19.3 Å². The lowest BCUT2D eigenvalue weighted by Crippen LogP contribution is -2.69. The number of carbonyl (C=O) groups excluding carboxylic acids is 1. The number of nitrogens with zero attached hydrogens (tertiary/aromatic N) is 1. The Morgan fingerprint density at radius 2 is 1.69 bits per heavy atom. The molecule has 0 aromatic rings. The van der Waals surface area contributed by atoms with E-state index < -0.39 is 92.2 Å². The molecule has 246 valence electrons. The van der Waals surface area contributed by atoms with Gasteiger partial charge >= 0.3 is 6.03 Å². The van der Waals surface area contributed by atoms with Crippen molar-refractivity contribution < 1.29 is 54.5 Å². The average Bonchev–Trinajstić information content (AvgIpc) is 2.96. The number of amides is 2. The van der Waals surface area contributed by atoms with Gasteiger partial charge in [-0.25, -0.2) is 9.86 Å². The summed E-state index contributed by atoms with van der Waals surface area (Å²) in [6.07, 6.45) is -11.2. The maximum Gasteiger partial charge on any atom is 0.341 e. The highest BCUT2D eigenvalue weighted by atomic mass is 16.7. The summed E-state index contributed by atoms with van der Waals surface area (Å²) in [7, 11) is 0. The fourth-order valence-corrected chi connectivity index (χ4v) is 5.36. The van der Waals surface area contributed by atoms with Gasteiger partial charge < -0.3 is 83.8 Å². The lowest BCUT2D eigenvalue weighted by atomic mass is 9.83. The van der Waals surface area contributed by atoms with Crippen LogP contribution >= 0.6 is 0 Å². The predicted octanol–water partition coefficient (Wildman–Crippen LogP) is -6.96. The normalized spacial score (nSPS) is 41.7. The quantitative estimate of drug-likeness (QED) is 0.0553. The van der Waals surface area contributed by atoms with E-state index in [1.54, 1.807) is 0 Å². The third-order valence-corrected chi connectivity index (χ3v) is 7.73. The molecule has 3 fully saturated rings. The molecule has 2 heterocycles. The minimum absolute atomic E-state index is 0.0288. The van der Waals surface area contributed by atoms with Crippen LogP contribution in [0.5, 0.6) is 0 Å². The number of nitrogens with two attached hydrogens (primary N) is 5. The minimum atomic E-state index is -1.59. The molecule has 19 heteroatoms. The van der Waals surface area contributed by atoms with Crippen molar-refractivity contribution in [3.63, 3.8) is 0 Å². The first-order chi connectivity index (χ1) is 19.9. The van der Waals surface area contributed by atoms with Crippen molar-refractivity contribution in [3.8, 4) is 0 Å². The van der Waals surface area contributed by atoms with E-state index in [-0.39, 0.29) is 38.7 Å². The summed E-state index contributed by atoms with van der Waals surface area (Å²) in [4.78, 5) is 12.6. The number of rotatable bonds is 12. The van der Waals surface area contributed by atoms with Crippen LogP contribution in [-0.2, 0) is 18.9 Å². The lowest BCUT2D eigenvalue weighted by molar-refractivity contribution is -0.314. The van der Waals surface area contributed by atoms with Crippen molar-refractivity contribution in [2.45, 2.75) is 105 Å². The van der Waals surface area contributed by atoms with Gasteiger partial charge in [-0.3, -0.25) is 5.21 Å². The molecule has 14 atom stereocenters. The molecule has 0 radical (unpaired) electrons. The van der Waals surface area contributed by atoms with Crippen molar-refractivity contribution in [2.24, 2.45) is 28.7 Å². The minimum Gasteiger partial charge on any atom is -0.394 e. The van der Waals surface area contributed by atoms with Crippen molar-refractivity contribution in [1.82, 2.24) is 15.7 Å². The van der Waals surface area contributed by atoms with Gasteiger partial charge in [-0.2, -0.15) is 0 Å². The zero-order valence-electron chi connectivity index (χ0n) is 23.3. The Labute approximate surface area is 243 Å². The van der Waals surface area contributed by atoms with Crippen LogP contribution < -0.4 is 39.3 Å². The van der Waals surface area contributed by atoms with Crippen LogP contribution in [0.25, 0.3) is 0 Å². The first-order valence-corrected chi connectivity index (χ1v) is 14.0. The number of urea groups is 1. The standard InChI is InChI=1S/C23H48N8O11/c24-3-4-31(38)23(37)30-12-5-10(26)19(41-21-11(29-7-14(27)33)2-1-9(6-25)39-21)18(36)20(12)42-22-17(35)15(28)16(34)13(8-32)40-22/h9-22,29,32-36,38H,1-8,24-28H2,(H,30,37)/t9-,10-,11+,12+,13+,14?,15-,16+,17+,18-,19?,20-,21+,22+/m0/s1. The lowest BCUT2D eigenvalue weighted by Gasteiger charge is -2.48. The summed E-state index contributed by atoms with van der Waals surface area (Å²) in [5, 5.41) is 67.5.